The molecule has 2 N–H and O–H groups in total. The molecule has 0 unspecified atom stereocenters. The Morgan fingerprint density at radius 2 is 1.69 bits per heavy atom. The first-order valence-corrected chi connectivity index (χ1v) is 8.96. The Bertz CT molecular complexity index is 788. The smallest absolute Gasteiger partial charge is 0.262 e. The minimum atomic E-state index is -0.0246. The minimum Gasteiger partial charge on any atom is -0.454 e. The van der Waals surface area contributed by atoms with Gasteiger partial charge in [-0.1, -0.05) is 43.7 Å². The van der Waals surface area contributed by atoms with Gasteiger partial charge in [0, 0.05) is 12.2 Å². The van der Waals surface area contributed by atoms with Gasteiger partial charge < -0.3 is 9.64 Å². The van der Waals surface area contributed by atoms with Crippen molar-refractivity contribution in [2.24, 2.45) is 0 Å². The van der Waals surface area contributed by atoms with Gasteiger partial charge in [-0.25, -0.2) is 0 Å². The average molecular weight is 352 g/mol. The number of rotatable bonds is 8. The SMILES string of the molecule is C=C(CCCCCCN1C(=O)c2ccccc2Oc2ccccc21)NO. The van der Waals surface area contributed by atoms with Crippen LogP contribution < -0.4 is 15.1 Å². The molecule has 2 aromatic carbocycles. The number of hydrogen-bond acceptors (Lipinski definition) is 4. The molecule has 136 valence electrons. The number of nitrogens with zero attached hydrogens (tertiary/aromatic N) is 1. The van der Waals surface area contributed by atoms with Crippen LogP contribution in [-0.2, 0) is 0 Å². The van der Waals surface area contributed by atoms with Gasteiger partial charge in [-0.2, -0.15) is 0 Å². The van der Waals surface area contributed by atoms with Crippen molar-refractivity contribution in [3.63, 3.8) is 0 Å². The van der Waals surface area contributed by atoms with Gasteiger partial charge in [0.1, 0.15) is 5.75 Å². The van der Waals surface area contributed by atoms with Crippen LogP contribution in [0.25, 0.3) is 0 Å². The Balaban J connectivity index is 1.67. The number of anilines is 1. The van der Waals surface area contributed by atoms with E-state index < -0.39 is 0 Å². The van der Waals surface area contributed by atoms with Crippen LogP contribution in [0.2, 0.25) is 0 Å². The third-order valence-electron chi connectivity index (χ3n) is 4.51. The van der Waals surface area contributed by atoms with Gasteiger partial charge in [-0.3, -0.25) is 15.5 Å². The second-order valence-electron chi connectivity index (χ2n) is 6.40. The van der Waals surface area contributed by atoms with Crippen molar-refractivity contribution in [3.8, 4) is 11.5 Å². The highest BCUT2D eigenvalue weighted by molar-refractivity contribution is 6.09. The van der Waals surface area contributed by atoms with E-state index in [2.05, 4.69) is 12.1 Å². The largest absolute Gasteiger partial charge is 0.454 e. The van der Waals surface area contributed by atoms with Crippen molar-refractivity contribution in [2.75, 3.05) is 11.4 Å². The minimum absolute atomic E-state index is 0.0246. The summed E-state index contributed by atoms with van der Waals surface area (Å²) in [4.78, 5) is 14.9. The summed E-state index contributed by atoms with van der Waals surface area (Å²) < 4.78 is 5.98. The van der Waals surface area contributed by atoms with Crippen LogP contribution in [0.1, 0.15) is 42.5 Å². The number of amides is 1. The molecule has 1 amide bonds. The summed E-state index contributed by atoms with van der Waals surface area (Å²) in [6.45, 7) is 4.35. The van der Waals surface area contributed by atoms with Gasteiger partial charge in [0.2, 0.25) is 0 Å². The maximum absolute atomic E-state index is 13.0. The van der Waals surface area contributed by atoms with Crippen LogP contribution in [0.5, 0.6) is 11.5 Å². The van der Waals surface area contributed by atoms with E-state index in [0.717, 1.165) is 37.8 Å². The number of fused-ring (bicyclic) bond motifs is 2. The molecule has 3 rings (SSSR count). The van der Waals surface area contributed by atoms with Gasteiger partial charge in [0.25, 0.3) is 5.91 Å². The molecular weight excluding hydrogens is 328 g/mol. The first kappa shape index (κ1) is 18.0. The molecule has 0 bridgehead atoms. The normalized spacial score (nSPS) is 12.7. The molecule has 2 aromatic rings. The Morgan fingerprint density at radius 3 is 2.50 bits per heavy atom. The molecule has 0 fully saturated rings. The fraction of sp³-hybridized carbons (Fsp3) is 0.286. The van der Waals surface area contributed by atoms with E-state index in [0.29, 0.717) is 29.3 Å². The van der Waals surface area contributed by atoms with Crippen LogP contribution in [0.4, 0.5) is 5.69 Å². The number of carbonyl (C=O) groups is 1. The topological polar surface area (TPSA) is 61.8 Å². The molecule has 26 heavy (non-hydrogen) atoms. The Morgan fingerprint density at radius 1 is 1.00 bits per heavy atom. The maximum atomic E-state index is 13.0. The first-order valence-electron chi connectivity index (χ1n) is 8.96. The van der Waals surface area contributed by atoms with E-state index in [-0.39, 0.29) is 5.91 Å². The van der Waals surface area contributed by atoms with Gasteiger partial charge in [0.15, 0.2) is 5.75 Å². The molecule has 0 aromatic heterocycles. The van der Waals surface area contributed by atoms with E-state index in [1.807, 2.05) is 53.4 Å². The molecule has 0 spiro atoms. The lowest BCUT2D eigenvalue weighted by Crippen LogP contribution is -2.31. The average Bonchev–Trinajstić information content (AvgIpc) is 2.79. The van der Waals surface area contributed by atoms with E-state index in [9.17, 15) is 4.79 Å². The maximum Gasteiger partial charge on any atom is 0.262 e. The van der Waals surface area contributed by atoms with Gasteiger partial charge in [-0.05, 0) is 43.5 Å². The number of benzene rings is 2. The number of para-hydroxylation sites is 3. The van der Waals surface area contributed by atoms with E-state index >= 15 is 0 Å². The zero-order chi connectivity index (χ0) is 18.4. The zero-order valence-corrected chi connectivity index (χ0v) is 14.8. The number of unbranched alkanes of at least 4 members (excludes halogenated alkanes) is 3. The lowest BCUT2D eigenvalue weighted by atomic mass is 10.1. The highest BCUT2D eigenvalue weighted by atomic mass is 16.5. The van der Waals surface area contributed by atoms with Gasteiger partial charge >= 0.3 is 0 Å². The van der Waals surface area contributed by atoms with Crippen molar-refractivity contribution in [2.45, 2.75) is 32.1 Å². The third kappa shape index (κ3) is 4.06. The van der Waals surface area contributed by atoms with E-state index in [1.54, 1.807) is 0 Å². The number of hydroxylamine groups is 1. The molecule has 0 radical (unpaired) electrons. The second-order valence-corrected chi connectivity index (χ2v) is 6.40. The molecule has 1 aliphatic rings. The zero-order valence-electron chi connectivity index (χ0n) is 14.8. The summed E-state index contributed by atoms with van der Waals surface area (Å²) in [5.74, 6) is 1.28. The molecule has 0 saturated carbocycles. The van der Waals surface area contributed by atoms with Gasteiger partial charge in [-0.15, -0.1) is 0 Å². The number of ether oxygens (including phenoxy) is 1. The Labute approximate surface area is 153 Å². The summed E-state index contributed by atoms with van der Waals surface area (Å²) in [7, 11) is 0. The molecular formula is C21H24N2O3. The van der Waals surface area contributed by atoms with Crippen molar-refractivity contribution >= 4 is 11.6 Å². The summed E-state index contributed by atoms with van der Waals surface area (Å²) in [6.07, 6.45) is 4.65. The van der Waals surface area contributed by atoms with Gasteiger partial charge in [0.05, 0.1) is 11.3 Å². The molecule has 0 atom stereocenters. The molecule has 5 heteroatoms. The lowest BCUT2D eigenvalue weighted by molar-refractivity contribution is 0.0986. The lowest BCUT2D eigenvalue weighted by Gasteiger charge is -2.22. The third-order valence-corrected chi connectivity index (χ3v) is 4.51. The monoisotopic (exact) mass is 352 g/mol. The quantitative estimate of drug-likeness (QED) is 0.525. The Kier molecular flexibility index (Phi) is 5.92. The number of allylic oxidation sites excluding steroid dienone is 1. The van der Waals surface area contributed by atoms with Crippen molar-refractivity contribution < 1.29 is 14.7 Å². The summed E-state index contributed by atoms with van der Waals surface area (Å²) >= 11 is 0. The summed E-state index contributed by atoms with van der Waals surface area (Å²) in [5, 5.41) is 8.73. The summed E-state index contributed by atoms with van der Waals surface area (Å²) in [5.41, 5.74) is 4.12. The number of nitrogens with one attached hydrogen (secondary N) is 1. The van der Waals surface area contributed by atoms with Crippen molar-refractivity contribution in [3.05, 3.63) is 66.4 Å². The van der Waals surface area contributed by atoms with Crippen LogP contribution in [0.15, 0.2) is 60.8 Å². The number of hydrogen-bond donors (Lipinski definition) is 2. The predicted octanol–water partition coefficient (Wildman–Crippen LogP) is 4.88. The van der Waals surface area contributed by atoms with Crippen molar-refractivity contribution in [1.29, 1.82) is 0 Å². The summed E-state index contributed by atoms with van der Waals surface area (Å²) in [6, 6.07) is 15.0. The second kappa shape index (κ2) is 8.54. The Hall–Kier alpha value is -2.79. The van der Waals surface area contributed by atoms with Crippen molar-refractivity contribution in [1.82, 2.24) is 5.48 Å². The van der Waals surface area contributed by atoms with Crippen LogP contribution in [0.3, 0.4) is 0 Å². The standard InChI is InChI=1S/C21H24N2O3/c1-16(22-25)10-4-2-3-9-15-23-18-12-6-8-14-20(18)26-19-13-7-5-11-17(19)21(23)24/h5-8,11-14,22,25H,1-4,9-10,15H2. The molecule has 5 nitrogen and oxygen atoms in total. The van der Waals surface area contributed by atoms with Crippen LogP contribution in [-0.4, -0.2) is 17.7 Å². The van der Waals surface area contributed by atoms with E-state index in [4.69, 9.17) is 9.94 Å². The van der Waals surface area contributed by atoms with Crippen LogP contribution >= 0.6 is 0 Å². The molecule has 1 aliphatic heterocycles. The first-order chi connectivity index (χ1) is 12.7. The highest BCUT2D eigenvalue weighted by Gasteiger charge is 2.27. The fourth-order valence-electron chi connectivity index (χ4n) is 3.11. The molecule has 0 aliphatic carbocycles. The molecule has 1 heterocycles. The fourth-order valence-corrected chi connectivity index (χ4v) is 3.11. The molecule has 0 saturated heterocycles. The number of carbonyl (C=O) groups excluding carboxylic acids is 1. The highest BCUT2D eigenvalue weighted by Crippen LogP contribution is 2.38. The van der Waals surface area contributed by atoms with E-state index in [1.165, 1.54) is 0 Å². The predicted molar refractivity (Wildman–Crippen MR) is 102 cm³/mol. The van der Waals surface area contributed by atoms with Crippen LogP contribution in [0, 0.1) is 0 Å².